The summed E-state index contributed by atoms with van der Waals surface area (Å²) in [6, 6.07) is 12.5. The number of nitrogens with one attached hydrogen (secondary N) is 2. The summed E-state index contributed by atoms with van der Waals surface area (Å²) < 4.78 is 6.80. The number of aromatic nitrogens is 5. The Bertz CT molecular complexity index is 1150. The third-order valence-corrected chi connectivity index (χ3v) is 5.57. The van der Waals surface area contributed by atoms with Crippen molar-refractivity contribution >= 4 is 17.7 Å². The number of nitrogens with two attached hydrogens (primary N) is 1. The number of nitrogen functional groups attached to an aromatic ring is 1. The van der Waals surface area contributed by atoms with E-state index in [1.54, 1.807) is 18.4 Å². The van der Waals surface area contributed by atoms with E-state index < -0.39 is 0 Å². The number of hydrogen-bond donors (Lipinski definition) is 3. The molecule has 1 saturated heterocycles. The molecule has 4 aromatic rings. The molecule has 154 valence electrons. The third kappa shape index (κ3) is 3.59. The van der Waals surface area contributed by atoms with Crippen molar-refractivity contribution in [3.63, 3.8) is 0 Å². The van der Waals surface area contributed by atoms with Crippen molar-refractivity contribution in [1.82, 2.24) is 29.9 Å². The minimum atomic E-state index is 0.128. The highest BCUT2D eigenvalue weighted by molar-refractivity contribution is 5.53. The van der Waals surface area contributed by atoms with E-state index in [9.17, 15) is 0 Å². The lowest BCUT2D eigenvalue weighted by atomic mass is 9.95. The molecule has 0 aliphatic carbocycles. The molecule has 2 unspecified atom stereocenters. The van der Waals surface area contributed by atoms with Gasteiger partial charge in [-0.1, -0.05) is 24.3 Å². The first kappa shape index (κ1) is 18.6. The molecule has 9 heteroatoms. The smallest absolute Gasteiger partial charge is 0.259 e. The fourth-order valence-corrected chi connectivity index (χ4v) is 3.97. The monoisotopic (exact) mass is 404 g/mol. The van der Waals surface area contributed by atoms with Crippen LogP contribution in [-0.4, -0.2) is 43.2 Å². The van der Waals surface area contributed by atoms with Crippen LogP contribution in [0, 0.1) is 6.92 Å². The lowest BCUT2D eigenvalue weighted by Crippen LogP contribution is -2.42. The van der Waals surface area contributed by atoms with Crippen molar-refractivity contribution < 1.29 is 4.42 Å². The predicted octanol–water partition coefficient (Wildman–Crippen LogP) is 2.45. The van der Waals surface area contributed by atoms with Gasteiger partial charge in [0.05, 0.1) is 6.26 Å². The molecule has 5 rings (SSSR count). The topological polar surface area (TPSA) is 119 Å². The van der Waals surface area contributed by atoms with Gasteiger partial charge < -0.3 is 20.8 Å². The number of fused-ring (bicyclic) bond motifs is 1. The average molecular weight is 404 g/mol. The van der Waals surface area contributed by atoms with E-state index in [0.29, 0.717) is 29.4 Å². The Labute approximate surface area is 173 Å². The van der Waals surface area contributed by atoms with Crippen LogP contribution in [0.2, 0.25) is 0 Å². The Kier molecular flexibility index (Phi) is 4.80. The highest BCUT2D eigenvalue weighted by Crippen LogP contribution is 2.21. The molecular formula is C21H24N8O. The van der Waals surface area contributed by atoms with Gasteiger partial charge >= 0.3 is 0 Å². The van der Waals surface area contributed by atoms with Crippen molar-refractivity contribution in [3.05, 3.63) is 53.8 Å². The number of furan rings is 1. The van der Waals surface area contributed by atoms with E-state index in [4.69, 9.17) is 10.2 Å². The molecule has 0 radical (unpaired) electrons. The second-order valence-electron chi connectivity index (χ2n) is 7.61. The summed E-state index contributed by atoms with van der Waals surface area (Å²) in [5.41, 5.74) is 8.74. The highest BCUT2D eigenvalue weighted by atomic mass is 16.3. The summed E-state index contributed by atoms with van der Waals surface area (Å²) in [6.45, 7) is 3.16. The Morgan fingerprint density at radius 3 is 2.90 bits per heavy atom. The van der Waals surface area contributed by atoms with Crippen molar-refractivity contribution in [2.75, 3.05) is 17.6 Å². The fourth-order valence-electron chi connectivity index (χ4n) is 3.97. The van der Waals surface area contributed by atoms with Crippen LogP contribution in [0.5, 0.6) is 0 Å². The first-order valence-electron chi connectivity index (χ1n) is 10.2. The molecule has 2 atom stereocenters. The van der Waals surface area contributed by atoms with Gasteiger partial charge in [0.2, 0.25) is 17.7 Å². The zero-order valence-corrected chi connectivity index (χ0v) is 16.7. The van der Waals surface area contributed by atoms with Crippen LogP contribution in [0.4, 0.5) is 11.9 Å². The number of rotatable bonds is 6. The quantitative estimate of drug-likeness (QED) is 0.448. The number of anilines is 2. The summed E-state index contributed by atoms with van der Waals surface area (Å²) in [5, 5.41) is 11.5. The van der Waals surface area contributed by atoms with Crippen LogP contribution < -0.4 is 16.4 Å². The van der Waals surface area contributed by atoms with Gasteiger partial charge in [0.25, 0.3) is 5.78 Å². The zero-order chi connectivity index (χ0) is 20.5. The van der Waals surface area contributed by atoms with Crippen molar-refractivity contribution in [1.29, 1.82) is 0 Å². The van der Waals surface area contributed by atoms with Crippen molar-refractivity contribution in [3.8, 4) is 11.6 Å². The zero-order valence-electron chi connectivity index (χ0n) is 16.7. The average Bonchev–Trinajstić information content (AvgIpc) is 3.50. The third-order valence-electron chi connectivity index (χ3n) is 5.57. The van der Waals surface area contributed by atoms with Gasteiger partial charge in [-0.25, -0.2) is 0 Å². The number of aryl methyl sites for hydroxylation is 1. The Morgan fingerprint density at radius 1 is 1.23 bits per heavy atom. The standard InChI is InChI=1S/C21H24N8O/c1-13-6-2-3-7-14(13)12-16(15-8-4-10-23-15)24-20-26-19(22)29-21(27-20)25-18(28-29)17-9-5-11-30-17/h2-3,5-7,9,11,15-16,23H,4,8,10,12H2,1H3,(H3,22,24,25,26,27,28). The Hall–Kier alpha value is -3.46. The lowest BCUT2D eigenvalue weighted by molar-refractivity contribution is 0.504. The van der Waals surface area contributed by atoms with Gasteiger partial charge in [0.1, 0.15) is 0 Å². The minimum Gasteiger partial charge on any atom is -0.461 e. The van der Waals surface area contributed by atoms with Gasteiger partial charge in [-0.05, 0) is 56.0 Å². The normalized spacial score (nSPS) is 17.4. The van der Waals surface area contributed by atoms with E-state index in [0.717, 1.165) is 25.8 Å². The SMILES string of the molecule is Cc1ccccc1CC(Nc1nc(N)n2nc(-c3ccco3)nc2n1)C1CCCN1. The van der Waals surface area contributed by atoms with Crippen LogP contribution in [0.25, 0.3) is 17.4 Å². The molecular weight excluding hydrogens is 380 g/mol. The first-order chi connectivity index (χ1) is 14.7. The second kappa shape index (κ2) is 7.75. The molecule has 0 spiro atoms. The fraction of sp³-hybridized carbons (Fsp3) is 0.333. The summed E-state index contributed by atoms with van der Waals surface area (Å²) in [7, 11) is 0. The predicted molar refractivity (Wildman–Crippen MR) is 114 cm³/mol. The maximum absolute atomic E-state index is 6.15. The van der Waals surface area contributed by atoms with E-state index >= 15 is 0 Å². The van der Waals surface area contributed by atoms with E-state index in [1.165, 1.54) is 15.6 Å². The molecule has 0 bridgehead atoms. The highest BCUT2D eigenvalue weighted by Gasteiger charge is 2.26. The van der Waals surface area contributed by atoms with Gasteiger partial charge in [0, 0.05) is 12.1 Å². The lowest BCUT2D eigenvalue weighted by Gasteiger charge is -2.26. The van der Waals surface area contributed by atoms with Gasteiger partial charge in [-0.2, -0.15) is 19.5 Å². The van der Waals surface area contributed by atoms with Crippen LogP contribution in [0.1, 0.15) is 24.0 Å². The van der Waals surface area contributed by atoms with Gasteiger partial charge in [-0.15, -0.1) is 5.10 Å². The molecule has 1 aromatic carbocycles. The van der Waals surface area contributed by atoms with E-state index in [-0.39, 0.29) is 12.0 Å². The van der Waals surface area contributed by atoms with Crippen molar-refractivity contribution in [2.45, 2.75) is 38.3 Å². The van der Waals surface area contributed by atoms with Crippen LogP contribution in [-0.2, 0) is 6.42 Å². The summed E-state index contributed by atoms with van der Waals surface area (Å²) in [4.78, 5) is 13.4. The molecule has 1 aliphatic heterocycles. The Balaban J connectivity index is 1.45. The largest absolute Gasteiger partial charge is 0.461 e. The first-order valence-corrected chi connectivity index (χ1v) is 10.2. The molecule has 30 heavy (non-hydrogen) atoms. The maximum atomic E-state index is 6.15. The number of benzene rings is 1. The molecule has 1 aliphatic rings. The van der Waals surface area contributed by atoms with Crippen LogP contribution in [0.15, 0.2) is 47.1 Å². The molecule has 1 fully saturated rings. The minimum absolute atomic E-state index is 0.128. The van der Waals surface area contributed by atoms with Gasteiger partial charge in [0.15, 0.2) is 5.76 Å². The molecule has 0 amide bonds. The maximum Gasteiger partial charge on any atom is 0.259 e. The molecule has 0 saturated carbocycles. The van der Waals surface area contributed by atoms with E-state index in [1.807, 2.05) is 0 Å². The van der Waals surface area contributed by atoms with Crippen LogP contribution in [0.3, 0.4) is 0 Å². The molecule has 3 aromatic heterocycles. The number of nitrogens with zero attached hydrogens (tertiary/aromatic N) is 5. The van der Waals surface area contributed by atoms with Gasteiger partial charge in [-0.3, -0.25) is 0 Å². The molecule has 4 N–H and O–H groups in total. The van der Waals surface area contributed by atoms with Crippen LogP contribution >= 0.6 is 0 Å². The summed E-state index contributed by atoms with van der Waals surface area (Å²) in [6.07, 6.45) is 4.71. The molecule has 9 nitrogen and oxygen atoms in total. The summed E-state index contributed by atoms with van der Waals surface area (Å²) >= 11 is 0. The second-order valence-corrected chi connectivity index (χ2v) is 7.61. The van der Waals surface area contributed by atoms with Crippen molar-refractivity contribution in [2.24, 2.45) is 0 Å². The van der Waals surface area contributed by atoms with E-state index in [2.05, 4.69) is 61.9 Å². The molecule has 4 heterocycles. The Morgan fingerprint density at radius 2 is 2.13 bits per heavy atom. The summed E-state index contributed by atoms with van der Waals surface area (Å²) in [5.74, 6) is 2.03. The number of hydrogen-bond acceptors (Lipinski definition) is 8.